The van der Waals surface area contributed by atoms with Crippen LogP contribution in [-0.2, 0) is 14.8 Å². The van der Waals surface area contributed by atoms with Crippen LogP contribution in [0.25, 0.3) is 0 Å². The fraction of sp³-hybridized carbons (Fsp3) is 0.235. The van der Waals surface area contributed by atoms with E-state index in [9.17, 15) is 17.6 Å². The number of methoxy groups -OCH3 is 1. The van der Waals surface area contributed by atoms with Crippen molar-refractivity contribution in [2.75, 3.05) is 27.4 Å². The molecule has 0 radical (unpaired) electrons. The van der Waals surface area contributed by atoms with Crippen molar-refractivity contribution in [3.8, 4) is 11.5 Å². The van der Waals surface area contributed by atoms with Crippen LogP contribution in [0.3, 0.4) is 0 Å². The summed E-state index contributed by atoms with van der Waals surface area (Å²) in [5.41, 5.74) is 0.0569. The van der Waals surface area contributed by atoms with Crippen molar-refractivity contribution in [3.05, 3.63) is 53.8 Å². The molecule has 0 heterocycles. The van der Waals surface area contributed by atoms with Crippen molar-refractivity contribution < 1.29 is 31.8 Å². The Kier molecular flexibility index (Phi) is 6.53. The van der Waals surface area contributed by atoms with Gasteiger partial charge in [-0.15, -0.1) is 0 Å². The number of hydrogen-bond donors (Lipinski definition) is 1. The second kappa shape index (κ2) is 8.63. The molecule has 140 valence electrons. The molecule has 0 aromatic heterocycles. The fourth-order valence-electron chi connectivity index (χ4n) is 2.03. The lowest BCUT2D eigenvalue weighted by atomic mass is 10.2. The Bertz CT molecular complexity index is 867. The summed E-state index contributed by atoms with van der Waals surface area (Å²) >= 11 is 0. The number of carbonyl (C=O) groups is 1. The molecular weight excluding hydrogens is 365 g/mol. The van der Waals surface area contributed by atoms with E-state index in [1.165, 1.54) is 56.6 Å². The van der Waals surface area contributed by atoms with E-state index in [2.05, 4.69) is 4.72 Å². The highest BCUT2D eigenvalue weighted by molar-refractivity contribution is 7.89. The molecule has 0 unspecified atom stereocenters. The Hall–Kier alpha value is -2.65. The molecule has 0 spiro atoms. The van der Waals surface area contributed by atoms with Gasteiger partial charge in [-0.25, -0.2) is 22.3 Å². The molecule has 1 N–H and O–H groups in total. The molecule has 7 nitrogen and oxygen atoms in total. The number of benzene rings is 2. The lowest BCUT2D eigenvalue weighted by Crippen LogP contribution is -2.20. The number of carbonyl (C=O) groups excluding carboxylic acids is 1. The molecule has 0 saturated heterocycles. The number of halogens is 1. The maximum absolute atomic E-state index is 12.8. The molecule has 0 aliphatic heterocycles. The minimum Gasteiger partial charge on any atom is -0.495 e. The van der Waals surface area contributed by atoms with E-state index >= 15 is 0 Å². The van der Waals surface area contributed by atoms with E-state index in [-0.39, 0.29) is 35.2 Å². The number of sulfonamides is 1. The predicted octanol–water partition coefficient (Wildman–Crippen LogP) is 1.98. The average Bonchev–Trinajstić information content (AvgIpc) is 2.65. The van der Waals surface area contributed by atoms with Gasteiger partial charge in [0.05, 0.1) is 12.7 Å². The first-order valence-corrected chi connectivity index (χ1v) is 9.03. The number of ether oxygens (including phenoxy) is 3. The van der Waals surface area contributed by atoms with E-state index < -0.39 is 16.0 Å². The van der Waals surface area contributed by atoms with Crippen LogP contribution in [0.1, 0.15) is 10.4 Å². The third-order valence-electron chi connectivity index (χ3n) is 3.36. The highest BCUT2D eigenvalue weighted by Gasteiger charge is 2.20. The molecule has 0 aliphatic carbocycles. The van der Waals surface area contributed by atoms with Crippen LogP contribution in [0.5, 0.6) is 11.5 Å². The van der Waals surface area contributed by atoms with Gasteiger partial charge in [0.15, 0.2) is 0 Å². The van der Waals surface area contributed by atoms with Gasteiger partial charge in [0.25, 0.3) is 0 Å². The number of hydrogen-bond acceptors (Lipinski definition) is 6. The summed E-state index contributed by atoms with van der Waals surface area (Å²) in [6.07, 6.45) is 0. The van der Waals surface area contributed by atoms with E-state index in [1.54, 1.807) is 0 Å². The quantitative estimate of drug-likeness (QED) is 0.554. The average molecular weight is 383 g/mol. The van der Waals surface area contributed by atoms with Gasteiger partial charge >= 0.3 is 5.97 Å². The summed E-state index contributed by atoms with van der Waals surface area (Å²) in [4.78, 5) is 11.9. The second-order valence-electron chi connectivity index (χ2n) is 5.01. The lowest BCUT2D eigenvalue weighted by Gasteiger charge is -2.11. The monoisotopic (exact) mass is 383 g/mol. The highest BCUT2D eigenvalue weighted by Crippen LogP contribution is 2.25. The lowest BCUT2D eigenvalue weighted by molar-refractivity contribution is 0.0450. The van der Waals surface area contributed by atoms with Crippen molar-refractivity contribution in [2.24, 2.45) is 0 Å². The van der Waals surface area contributed by atoms with Gasteiger partial charge in [-0.3, -0.25) is 0 Å². The van der Waals surface area contributed by atoms with Crippen LogP contribution in [0.4, 0.5) is 4.39 Å². The zero-order valence-corrected chi connectivity index (χ0v) is 15.0. The van der Waals surface area contributed by atoms with E-state index in [4.69, 9.17) is 14.2 Å². The molecule has 26 heavy (non-hydrogen) atoms. The molecule has 0 atom stereocenters. The van der Waals surface area contributed by atoms with Crippen molar-refractivity contribution in [1.82, 2.24) is 4.72 Å². The first-order chi connectivity index (χ1) is 12.4. The van der Waals surface area contributed by atoms with Gasteiger partial charge < -0.3 is 14.2 Å². The third-order valence-corrected chi connectivity index (χ3v) is 4.79. The highest BCUT2D eigenvalue weighted by atomic mass is 32.2. The Morgan fingerprint density at radius 3 is 2.42 bits per heavy atom. The molecule has 0 fully saturated rings. The first kappa shape index (κ1) is 19.7. The standard InChI is InChI=1S/C17H18FNO6S/c1-19-26(21,22)16-11-12(3-8-15(16)23-2)17(20)25-10-9-24-14-6-4-13(18)5-7-14/h3-8,11,19H,9-10H2,1-2H3. The maximum Gasteiger partial charge on any atom is 0.338 e. The Morgan fingerprint density at radius 1 is 1.12 bits per heavy atom. The number of rotatable bonds is 8. The third kappa shape index (κ3) is 4.93. The van der Waals surface area contributed by atoms with Crippen molar-refractivity contribution in [2.45, 2.75) is 4.90 Å². The van der Waals surface area contributed by atoms with Gasteiger partial charge in [0.1, 0.15) is 35.4 Å². The smallest absolute Gasteiger partial charge is 0.338 e. The minimum atomic E-state index is -3.80. The minimum absolute atomic E-state index is 0.0569. The van der Waals surface area contributed by atoms with Crippen molar-refractivity contribution in [1.29, 1.82) is 0 Å². The SMILES string of the molecule is CNS(=O)(=O)c1cc(C(=O)OCCOc2ccc(F)cc2)ccc1OC. The van der Waals surface area contributed by atoms with Crippen LogP contribution < -0.4 is 14.2 Å². The van der Waals surface area contributed by atoms with Gasteiger partial charge in [-0.05, 0) is 49.5 Å². The fourth-order valence-corrected chi connectivity index (χ4v) is 2.95. The molecule has 0 amide bonds. The van der Waals surface area contributed by atoms with E-state index in [0.29, 0.717) is 5.75 Å². The zero-order valence-electron chi connectivity index (χ0n) is 14.2. The summed E-state index contributed by atoms with van der Waals surface area (Å²) in [5, 5.41) is 0. The summed E-state index contributed by atoms with van der Waals surface area (Å²) in [6.45, 7) is 0.00550. The molecule has 2 aromatic carbocycles. The van der Waals surface area contributed by atoms with Crippen molar-refractivity contribution in [3.63, 3.8) is 0 Å². The van der Waals surface area contributed by atoms with E-state index in [1.807, 2.05) is 0 Å². The van der Waals surface area contributed by atoms with Crippen molar-refractivity contribution >= 4 is 16.0 Å². The van der Waals surface area contributed by atoms with Gasteiger partial charge in [-0.1, -0.05) is 0 Å². The van der Waals surface area contributed by atoms with Gasteiger partial charge in [0, 0.05) is 0 Å². The Labute approximate surface area is 150 Å². The summed E-state index contributed by atoms with van der Waals surface area (Å²) in [5.74, 6) is -0.539. The molecule has 0 saturated carbocycles. The van der Waals surface area contributed by atoms with Gasteiger partial charge in [0.2, 0.25) is 10.0 Å². The molecular formula is C17H18FNO6S. The Morgan fingerprint density at radius 2 is 1.81 bits per heavy atom. The maximum atomic E-state index is 12.8. The largest absolute Gasteiger partial charge is 0.495 e. The summed E-state index contributed by atoms with van der Waals surface area (Å²) in [7, 11) is -1.22. The van der Waals surface area contributed by atoms with Crippen LogP contribution in [0, 0.1) is 5.82 Å². The summed E-state index contributed by atoms with van der Waals surface area (Å²) < 4.78 is 54.3. The first-order valence-electron chi connectivity index (χ1n) is 7.54. The van der Waals surface area contributed by atoms with Crippen LogP contribution in [0.15, 0.2) is 47.4 Å². The summed E-state index contributed by atoms with van der Waals surface area (Å²) in [6, 6.07) is 9.36. The molecule has 9 heteroatoms. The van der Waals surface area contributed by atoms with Crippen LogP contribution >= 0.6 is 0 Å². The van der Waals surface area contributed by atoms with Crippen LogP contribution in [-0.4, -0.2) is 41.8 Å². The predicted molar refractivity (Wildman–Crippen MR) is 91.4 cm³/mol. The molecule has 0 bridgehead atoms. The topological polar surface area (TPSA) is 90.9 Å². The number of esters is 1. The Balaban J connectivity index is 1.98. The van der Waals surface area contributed by atoms with Crippen LogP contribution in [0.2, 0.25) is 0 Å². The molecule has 0 aliphatic rings. The normalized spacial score (nSPS) is 11.0. The van der Waals surface area contributed by atoms with Gasteiger partial charge in [-0.2, -0.15) is 0 Å². The molecule has 2 rings (SSSR count). The second-order valence-corrected chi connectivity index (χ2v) is 6.87. The number of nitrogens with one attached hydrogen (secondary N) is 1. The molecule has 2 aromatic rings. The van der Waals surface area contributed by atoms with E-state index in [0.717, 1.165) is 0 Å². The zero-order chi connectivity index (χ0) is 19.2.